The molecule has 0 radical (unpaired) electrons. The number of halogens is 7. The molecule has 10 atom stereocenters. The van der Waals surface area contributed by atoms with Gasteiger partial charge in [-0.15, -0.1) is 0 Å². The molecule has 1 spiro atoms. The van der Waals surface area contributed by atoms with Crippen molar-refractivity contribution in [1.82, 2.24) is 60.0 Å². The van der Waals surface area contributed by atoms with Gasteiger partial charge in [0.05, 0.1) is 67.5 Å². The van der Waals surface area contributed by atoms with Gasteiger partial charge in [-0.2, -0.15) is 26.3 Å². The van der Waals surface area contributed by atoms with Crippen molar-refractivity contribution in [3.8, 4) is 0 Å². The van der Waals surface area contributed by atoms with Crippen molar-refractivity contribution in [2.45, 2.75) is 221 Å². The molecule has 107 heavy (non-hydrogen) atoms. The molecule has 590 valence electrons. The number of fused-ring (bicyclic) bond motifs is 3. The summed E-state index contributed by atoms with van der Waals surface area (Å²) in [6, 6.07) is -3.53. The Morgan fingerprint density at radius 3 is 1.79 bits per heavy atom. The molecule has 25 nitrogen and oxygen atoms in total. The van der Waals surface area contributed by atoms with Crippen LogP contribution in [0.15, 0.2) is 42.5 Å². The first kappa shape index (κ1) is 83.0. The Morgan fingerprint density at radius 1 is 0.598 bits per heavy atom. The van der Waals surface area contributed by atoms with E-state index in [0.29, 0.717) is 70.6 Å². The maximum absolute atomic E-state index is 16.0. The molecule has 3 aliphatic carbocycles. The minimum Gasteiger partial charge on any atom is -0.377 e. The molecule has 2 bridgehead atoms. The van der Waals surface area contributed by atoms with Gasteiger partial charge in [-0.05, 0) is 130 Å². The quantitative estimate of drug-likeness (QED) is 0.236. The summed E-state index contributed by atoms with van der Waals surface area (Å²) in [6.07, 6.45) is -2.93. The number of aryl methyl sites for hydroxylation is 1. The number of hydrogen-bond donors (Lipinski definition) is 3. The molecular weight excluding hydrogens is 1430 g/mol. The average Bonchev–Trinajstić information content (AvgIpc) is 1.59. The van der Waals surface area contributed by atoms with E-state index < -0.39 is 197 Å². The van der Waals surface area contributed by atoms with Crippen LogP contribution >= 0.6 is 11.6 Å². The molecule has 3 unspecified atom stereocenters. The van der Waals surface area contributed by atoms with Crippen molar-refractivity contribution in [3.63, 3.8) is 0 Å². The minimum absolute atomic E-state index is 0.0436. The number of amides is 12. The second-order valence-electron chi connectivity index (χ2n) is 30.6. The lowest BCUT2D eigenvalue weighted by Gasteiger charge is -2.44. The van der Waals surface area contributed by atoms with E-state index in [1.807, 2.05) is 0 Å². The molecular formula is C75H103ClF6N12O13. The van der Waals surface area contributed by atoms with Crippen molar-refractivity contribution < 1.29 is 88.6 Å². The molecule has 2 aromatic carbocycles. The summed E-state index contributed by atoms with van der Waals surface area (Å²) in [5.41, 5.74) is -3.41. The lowest BCUT2D eigenvalue weighted by molar-refractivity contribution is -0.160. The maximum atomic E-state index is 16.0. The van der Waals surface area contributed by atoms with Crippen LogP contribution in [-0.4, -0.2) is 264 Å². The monoisotopic (exact) mass is 1530 g/mol. The standard InChI is InChI=1S/C75H103ClF6N12O13/c1-10-44(2)62-70(104)88(5)40-60(97)86(3)41-61(98)89(6)56(37-46-23-27-49(28-24-46)74(77,78)79)68(102)87(4)39-58(95)83-54(32-26-45-25-31-52(53(76)36-45)75(80,81)82)67(101)93-35-17-22-55(93)65(99)85-73(33-14-15-34-73)72(106)92(9)64(48-18-12-11-13-19-48)71(105)90(7)57(69(103)94-50-29-30-51(94)43-107-42-50)38-59(96)91(8)63(66(100)84-62)47-20-16-21-47/h23-25,27-28,31,36,44,47-48,50-51,54-57,62-64H,10-22,26,29-30,32-35,37-43H2,1-9H3,(H,83,95)(H,84,100)(H,85,99)/t44-,50?,51?,54-,55?,56-,57-,62-,63-,64-/m0/s1. The molecule has 2 aromatic rings. The number of morpholine rings is 1. The first-order chi connectivity index (χ1) is 50.5. The van der Waals surface area contributed by atoms with Gasteiger partial charge in [0.1, 0.15) is 47.8 Å². The second kappa shape index (κ2) is 35.1. The van der Waals surface area contributed by atoms with Crippen LogP contribution in [0, 0.1) is 17.8 Å². The molecule has 9 rings (SSSR count). The zero-order valence-corrected chi connectivity index (χ0v) is 63.3. The van der Waals surface area contributed by atoms with Gasteiger partial charge >= 0.3 is 12.4 Å². The number of ether oxygens (including phenoxy) is 1. The summed E-state index contributed by atoms with van der Waals surface area (Å²) in [4.78, 5) is 192. The van der Waals surface area contributed by atoms with E-state index in [0.717, 1.165) is 74.9 Å². The summed E-state index contributed by atoms with van der Waals surface area (Å²) >= 11 is 6.14. The van der Waals surface area contributed by atoms with E-state index in [1.165, 1.54) is 68.9 Å². The summed E-state index contributed by atoms with van der Waals surface area (Å²) in [6.45, 7) is 1.72. The van der Waals surface area contributed by atoms with Gasteiger partial charge in [0.15, 0.2) is 0 Å². The number of carbonyl (C=O) groups is 12. The third-order valence-electron chi connectivity index (χ3n) is 23.4. The van der Waals surface area contributed by atoms with E-state index >= 15 is 33.6 Å². The fraction of sp³-hybridized carbons (Fsp3) is 0.680. The molecule has 4 aliphatic heterocycles. The molecule has 12 amide bonds. The third-order valence-corrected chi connectivity index (χ3v) is 23.7. The zero-order valence-electron chi connectivity index (χ0n) is 62.5. The van der Waals surface area contributed by atoms with Crippen LogP contribution in [0.5, 0.6) is 0 Å². The Kier molecular flexibility index (Phi) is 27.2. The van der Waals surface area contributed by atoms with E-state index in [9.17, 15) is 50.3 Å². The van der Waals surface area contributed by atoms with Gasteiger partial charge in [0, 0.05) is 62.3 Å². The number of hydrogen-bond acceptors (Lipinski definition) is 13. The molecule has 4 saturated heterocycles. The van der Waals surface area contributed by atoms with Crippen LogP contribution in [0.2, 0.25) is 5.02 Å². The Morgan fingerprint density at radius 2 is 1.20 bits per heavy atom. The van der Waals surface area contributed by atoms with E-state index in [-0.39, 0.29) is 81.5 Å². The van der Waals surface area contributed by atoms with Gasteiger partial charge < -0.3 is 64.8 Å². The number of nitrogens with one attached hydrogen (secondary N) is 3. The fourth-order valence-electron chi connectivity index (χ4n) is 16.5. The van der Waals surface area contributed by atoms with Gasteiger partial charge in [-0.3, -0.25) is 57.5 Å². The highest BCUT2D eigenvalue weighted by atomic mass is 35.5. The molecule has 7 fully saturated rings. The predicted octanol–water partition coefficient (Wildman–Crippen LogP) is 5.85. The van der Waals surface area contributed by atoms with E-state index in [1.54, 1.807) is 18.7 Å². The van der Waals surface area contributed by atoms with Gasteiger partial charge in [0.25, 0.3) is 0 Å². The summed E-state index contributed by atoms with van der Waals surface area (Å²) in [5.74, 6) is -10.3. The first-order valence-electron chi connectivity index (χ1n) is 37.4. The van der Waals surface area contributed by atoms with Crippen LogP contribution < -0.4 is 16.0 Å². The van der Waals surface area contributed by atoms with Crippen molar-refractivity contribution in [2.24, 2.45) is 17.8 Å². The van der Waals surface area contributed by atoms with Crippen LogP contribution in [0.1, 0.15) is 158 Å². The number of rotatable bonds is 10. The maximum Gasteiger partial charge on any atom is 0.417 e. The van der Waals surface area contributed by atoms with Crippen LogP contribution in [0.3, 0.4) is 0 Å². The molecule has 0 aromatic heterocycles. The highest BCUT2D eigenvalue weighted by Gasteiger charge is 2.53. The Balaban J connectivity index is 1.09. The number of alkyl halides is 6. The Labute approximate surface area is 625 Å². The summed E-state index contributed by atoms with van der Waals surface area (Å²) in [7, 11) is 9.35. The zero-order chi connectivity index (χ0) is 78.3. The van der Waals surface area contributed by atoms with Crippen molar-refractivity contribution >= 4 is 82.5 Å². The van der Waals surface area contributed by atoms with Gasteiger partial charge in [0.2, 0.25) is 70.9 Å². The lowest BCUT2D eigenvalue weighted by atomic mass is 9.78. The normalized spacial score (nSPS) is 27.6. The largest absolute Gasteiger partial charge is 0.417 e. The van der Waals surface area contributed by atoms with Crippen molar-refractivity contribution in [2.75, 3.05) is 88.7 Å². The van der Waals surface area contributed by atoms with Crippen molar-refractivity contribution in [1.29, 1.82) is 0 Å². The number of benzene rings is 2. The van der Waals surface area contributed by atoms with Crippen LogP contribution in [-0.2, 0) is 87.5 Å². The summed E-state index contributed by atoms with van der Waals surface area (Å²) < 4.78 is 89.1. The highest BCUT2D eigenvalue weighted by molar-refractivity contribution is 6.31. The van der Waals surface area contributed by atoms with Gasteiger partial charge in [-0.1, -0.05) is 88.6 Å². The average molecular weight is 1530 g/mol. The van der Waals surface area contributed by atoms with Crippen molar-refractivity contribution in [3.05, 3.63) is 69.7 Å². The molecule has 3 saturated carbocycles. The first-order valence-corrected chi connectivity index (χ1v) is 37.8. The fourth-order valence-corrected chi connectivity index (χ4v) is 16.8. The lowest BCUT2D eigenvalue weighted by Crippen LogP contribution is -2.65. The minimum atomic E-state index is -4.81. The topological polar surface area (TPSA) is 279 Å². The smallest absolute Gasteiger partial charge is 0.377 e. The number of carbonyl (C=O) groups excluding carboxylic acids is 12. The molecule has 7 aliphatic rings. The van der Waals surface area contributed by atoms with Crippen LogP contribution in [0.25, 0.3) is 0 Å². The Bertz CT molecular complexity index is 3610. The molecule has 3 N–H and O–H groups in total. The van der Waals surface area contributed by atoms with E-state index in [2.05, 4.69) is 16.0 Å². The number of nitrogens with zero attached hydrogens (tertiary/aromatic N) is 9. The molecule has 4 heterocycles. The van der Waals surface area contributed by atoms with E-state index in [4.69, 9.17) is 16.3 Å². The SMILES string of the molecule is CC[C@H](C)[C@@H]1NC(=O)[C@H](C2CCC2)N(C)C(=O)C[C@@H](C(=O)N2C3CCC2COC3)N(C)C(=O)[C@H](C2CCCCC2)N(C)C(=O)C2(CCCC2)NC(=O)C2CCCN2C(=O)[C@H](CCc2ccc(C(F)(F)F)c(Cl)c2)NC(=O)CN(C)C(=O)[C@H](Cc2ccc(C(F)(F)F)cc2)N(C)C(=O)CN(C)C(=O)CN(C)C1=O. The Hall–Kier alpha value is -8.09. The highest BCUT2D eigenvalue weighted by Crippen LogP contribution is 2.40. The third kappa shape index (κ3) is 19.1. The summed E-state index contributed by atoms with van der Waals surface area (Å²) in [5, 5.41) is 7.97. The van der Waals surface area contributed by atoms with Crippen LogP contribution in [0.4, 0.5) is 26.3 Å². The number of likely N-dealkylation sites (N-methyl/N-ethyl adjacent to an activating group) is 7. The van der Waals surface area contributed by atoms with Gasteiger partial charge in [-0.25, -0.2) is 0 Å². The molecule has 32 heteroatoms. The second-order valence-corrected chi connectivity index (χ2v) is 31.0. The predicted molar refractivity (Wildman–Crippen MR) is 379 cm³/mol.